The predicted octanol–water partition coefficient (Wildman–Crippen LogP) is 4.53. The maximum Gasteiger partial charge on any atom is 0.180 e. The van der Waals surface area contributed by atoms with E-state index in [0.717, 1.165) is 27.7 Å². The third kappa shape index (κ3) is 3.11. The standard InChI is InChI=1S/C24H18FN7/c1-24(2,13-26)17-6-3-14(4-7-17)23-31-30-21-12-28-19-8-5-15(10-20(19)32(21)23)16-9-18(25)22(27)29-11-16/h3-12H,1-2H3,(H2,27,29). The zero-order valence-electron chi connectivity index (χ0n) is 17.4. The molecular formula is C24H18FN7. The number of anilines is 1. The second-order valence-electron chi connectivity index (χ2n) is 8.08. The van der Waals surface area contributed by atoms with Gasteiger partial charge >= 0.3 is 0 Å². The molecular weight excluding hydrogens is 405 g/mol. The van der Waals surface area contributed by atoms with E-state index in [4.69, 9.17) is 5.73 Å². The van der Waals surface area contributed by atoms with Crippen LogP contribution in [-0.4, -0.2) is 24.6 Å². The van der Waals surface area contributed by atoms with Crippen molar-refractivity contribution in [3.63, 3.8) is 0 Å². The van der Waals surface area contributed by atoms with Gasteiger partial charge in [0.1, 0.15) is 0 Å². The number of fused-ring (bicyclic) bond motifs is 3. The van der Waals surface area contributed by atoms with E-state index in [-0.39, 0.29) is 5.82 Å². The van der Waals surface area contributed by atoms with Gasteiger partial charge in [-0.1, -0.05) is 30.3 Å². The Labute approximate surface area is 183 Å². The molecule has 0 unspecified atom stereocenters. The second-order valence-corrected chi connectivity index (χ2v) is 8.08. The zero-order valence-corrected chi connectivity index (χ0v) is 17.4. The summed E-state index contributed by atoms with van der Waals surface area (Å²) in [7, 11) is 0. The molecule has 0 spiro atoms. The highest BCUT2D eigenvalue weighted by molar-refractivity contribution is 5.85. The van der Waals surface area contributed by atoms with Gasteiger partial charge in [-0.15, -0.1) is 10.2 Å². The Balaban J connectivity index is 1.69. The molecule has 3 aromatic heterocycles. The fraction of sp³-hybridized carbons (Fsp3) is 0.125. The average molecular weight is 423 g/mol. The summed E-state index contributed by atoms with van der Waals surface area (Å²) < 4.78 is 15.9. The number of nitrogen functional groups attached to an aromatic ring is 1. The van der Waals surface area contributed by atoms with E-state index in [1.54, 1.807) is 6.20 Å². The Bertz CT molecular complexity index is 1530. The monoisotopic (exact) mass is 423 g/mol. The van der Waals surface area contributed by atoms with E-state index in [9.17, 15) is 9.65 Å². The molecule has 2 aromatic carbocycles. The van der Waals surface area contributed by atoms with Crippen LogP contribution < -0.4 is 5.73 Å². The third-order valence-electron chi connectivity index (χ3n) is 5.57. The van der Waals surface area contributed by atoms with Crippen LogP contribution in [0.2, 0.25) is 0 Å². The van der Waals surface area contributed by atoms with Crippen molar-refractivity contribution in [3.8, 4) is 28.6 Å². The van der Waals surface area contributed by atoms with Gasteiger partial charge in [0.05, 0.1) is 28.7 Å². The number of pyridine rings is 1. The van der Waals surface area contributed by atoms with Crippen molar-refractivity contribution in [2.24, 2.45) is 0 Å². The van der Waals surface area contributed by atoms with Crippen LogP contribution in [0, 0.1) is 17.1 Å². The van der Waals surface area contributed by atoms with E-state index >= 15 is 0 Å². The summed E-state index contributed by atoms with van der Waals surface area (Å²) in [4.78, 5) is 8.39. The zero-order chi connectivity index (χ0) is 22.5. The van der Waals surface area contributed by atoms with Crippen LogP contribution in [0.25, 0.3) is 39.2 Å². The Morgan fingerprint density at radius 3 is 2.41 bits per heavy atom. The summed E-state index contributed by atoms with van der Waals surface area (Å²) in [5, 5.41) is 18.0. The molecule has 32 heavy (non-hydrogen) atoms. The van der Waals surface area contributed by atoms with Crippen molar-refractivity contribution >= 4 is 22.5 Å². The molecule has 0 saturated heterocycles. The van der Waals surface area contributed by atoms with Crippen molar-refractivity contribution in [2.75, 3.05) is 5.73 Å². The number of nitrogens with zero attached hydrogens (tertiary/aromatic N) is 6. The molecule has 2 N–H and O–H groups in total. The molecule has 0 amide bonds. The molecule has 5 aromatic rings. The first kappa shape index (κ1) is 19.6. The molecule has 0 aliphatic rings. The van der Waals surface area contributed by atoms with Crippen molar-refractivity contribution in [3.05, 3.63) is 72.3 Å². The molecule has 8 heteroatoms. The highest BCUT2D eigenvalue weighted by Crippen LogP contribution is 2.29. The van der Waals surface area contributed by atoms with Gasteiger partial charge in [-0.05, 0) is 43.2 Å². The van der Waals surface area contributed by atoms with Crippen LogP contribution in [0.3, 0.4) is 0 Å². The minimum Gasteiger partial charge on any atom is -0.381 e. The highest BCUT2D eigenvalue weighted by Gasteiger charge is 2.20. The number of halogens is 1. The van der Waals surface area contributed by atoms with Gasteiger partial charge in [0.2, 0.25) is 0 Å². The Hall–Kier alpha value is -4.38. The second kappa shape index (κ2) is 7.10. The molecule has 3 heterocycles. The Morgan fingerprint density at radius 2 is 1.69 bits per heavy atom. The molecule has 7 nitrogen and oxygen atoms in total. The molecule has 156 valence electrons. The minimum absolute atomic E-state index is 0.136. The van der Waals surface area contributed by atoms with Crippen molar-refractivity contribution in [1.82, 2.24) is 24.6 Å². The predicted molar refractivity (Wildman–Crippen MR) is 120 cm³/mol. The smallest absolute Gasteiger partial charge is 0.180 e. The first-order valence-corrected chi connectivity index (χ1v) is 9.95. The van der Waals surface area contributed by atoms with Crippen LogP contribution in [0.1, 0.15) is 19.4 Å². The molecule has 0 fully saturated rings. The summed E-state index contributed by atoms with van der Waals surface area (Å²) in [6, 6.07) is 17.0. The van der Waals surface area contributed by atoms with Gasteiger partial charge in [-0.3, -0.25) is 9.38 Å². The Morgan fingerprint density at radius 1 is 0.938 bits per heavy atom. The average Bonchev–Trinajstić information content (AvgIpc) is 3.25. The third-order valence-corrected chi connectivity index (χ3v) is 5.57. The van der Waals surface area contributed by atoms with Gasteiger partial charge in [-0.25, -0.2) is 9.37 Å². The molecule has 0 aliphatic heterocycles. The largest absolute Gasteiger partial charge is 0.381 e. The molecule has 0 radical (unpaired) electrons. The molecule has 0 atom stereocenters. The van der Waals surface area contributed by atoms with E-state index in [1.807, 2.05) is 60.7 Å². The maximum atomic E-state index is 14.0. The lowest BCUT2D eigenvalue weighted by Crippen LogP contribution is -2.13. The lowest BCUT2D eigenvalue weighted by Gasteiger charge is -2.15. The van der Waals surface area contributed by atoms with E-state index in [1.165, 1.54) is 12.3 Å². The lowest BCUT2D eigenvalue weighted by atomic mass is 9.86. The lowest BCUT2D eigenvalue weighted by molar-refractivity contribution is 0.628. The van der Waals surface area contributed by atoms with Gasteiger partial charge in [0.15, 0.2) is 23.1 Å². The normalized spacial score (nSPS) is 11.7. The van der Waals surface area contributed by atoms with Crippen LogP contribution >= 0.6 is 0 Å². The van der Waals surface area contributed by atoms with Crippen LogP contribution in [0.5, 0.6) is 0 Å². The quantitative estimate of drug-likeness (QED) is 0.457. The number of nitriles is 1. The van der Waals surface area contributed by atoms with E-state index in [0.29, 0.717) is 17.0 Å². The van der Waals surface area contributed by atoms with Crippen molar-refractivity contribution in [2.45, 2.75) is 19.3 Å². The summed E-state index contributed by atoms with van der Waals surface area (Å²) in [6.07, 6.45) is 3.20. The van der Waals surface area contributed by atoms with E-state index in [2.05, 4.69) is 26.2 Å². The van der Waals surface area contributed by atoms with Gasteiger partial charge < -0.3 is 5.73 Å². The number of hydrogen-bond acceptors (Lipinski definition) is 6. The van der Waals surface area contributed by atoms with Gasteiger partial charge in [0.25, 0.3) is 0 Å². The summed E-state index contributed by atoms with van der Waals surface area (Å²) in [5.41, 5.74) is 10.2. The number of nitrogens with two attached hydrogens (primary N) is 1. The van der Waals surface area contributed by atoms with E-state index < -0.39 is 11.2 Å². The number of benzene rings is 2. The fourth-order valence-electron chi connectivity index (χ4n) is 3.63. The number of rotatable bonds is 3. The molecule has 0 bridgehead atoms. The summed E-state index contributed by atoms with van der Waals surface area (Å²) >= 11 is 0. The van der Waals surface area contributed by atoms with Crippen LogP contribution in [0.4, 0.5) is 10.2 Å². The van der Waals surface area contributed by atoms with Crippen LogP contribution in [0.15, 0.2) is 60.9 Å². The fourth-order valence-corrected chi connectivity index (χ4v) is 3.63. The van der Waals surface area contributed by atoms with Crippen molar-refractivity contribution in [1.29, 1.82) is 5.26 Å². The SMILES string of the molecule is CC(C)(C#N)c1ccc(-c2nnc3cnc4ccc(-c5cnc(N)c(F)c5)cc4n23)cc1. The first-order valence-electron chi connectivity index (χ1n) is 9.95. The first-order chi connectivity index (χ1) is 15.4. The minimum atomic E-state index is -0.584. The van der Waals surface area contributed by atoms with Crippen LogP contribution in [-0.2, 0) is 5.41 Å². The number of hydrogen-bond donors (Lipinski definition) is 1. The summed E-state index contributed by atoms with van der Waals surface area (Å²) in [6.45, 7) is 3.76. The van der Waals surface area contributed by atoms with Gasteiger partial charge in [0, 0.05) is 17.3 Å². The van der Waals surface area contributed by atoms with Crippen molar-refractivity contribution < 1.29 is 4.39 Å². The maximum absolute atomic E-state index is 14.0. The number of aromatic nitrogens is 5. The molecule has 0 aliphatic carbocycles. The molecule has 5 rings (SSSR count). The van der Waals surface area contributed by atoms with Gasteiger partial charge in [-0.2, -0.15) is 5.26 Å². The Kier molecular flexibility index (Phi) is 4.34. The topological polar surface area (TPSA) is 106 Å². The summed E-state index contributed by atoms with van der Waals surface area (Å²) in [5.74, 6) is -0.0560. The highest BCUT2D eigenvalue weighted by atomic mass is 19.1. The molecule has 0 saturated carbocycles.